The average molecular weight is 444 g/mol. The van der Waals surface area contributed by atoms with Crippen molar-refractivity contribution in [2.45, 2.75) is 32.6 Å². The minimum absolute atomic E-state index is 0.0426. The fraction of sp³-hybridized carbons (Fsp3) is 0.381. The highest BCUT2D eigenvalue weighted by molar-refractivity contribution is 9.10. The number of allylic oxidation sites excluding steroid dienone is 2. The quantitative estimate of drug-likeness (QED) is 0.734. The molecule has 1 aromatic carbocycles. The first kappa shape index (κ1) is 18.9. The zero-order chi connectivity index (χ0) is 20.4. The normalized spacial score (nSPS) is 20.5. The van der Waals surface area contributed by atoms with Gasteiger partial charge >= 0.3 is 5.69 Å². The van der Waals surface area contributed by atoms with E-state index in [0.717, 1.165) is 20.3 Å². The van der Waals surface area contributed by atoms with Gasteiger partial charge in [-0.1, -0.05) is 48.0 Å². The molecule has 1 N–H and O–H groups in total. The Morgan fingerprint density at radius 1 is 1.07 bits per heavy atom. The van der Waals surface area contributed by atoms with E-state index in [1.807, 2.05) is 24.3 Å². The van der Waals surface area contributed by atoms with E-state index in [4.69, 9.17) is 0 Å². The molecule has 6 nitrogen and oxygen atoms in total. The molecule has 0 saturated heterocycles. The summed E-state index contributed by atoms with van der Waals surface area (Å²) in [5.41, 5.74) is 1.76. The summed E-state index contributed by atoms with van der Waals surface area (Å²) in [7, 11) is 3.11. The largest absolute Gasteiger partial charge is 0.344 e. The number of fused-ring (bicyclic) bond motifs is 1. The molecule has 0 fully saturated rings. The topological polar surface area (TPSA) is 73.1 Å². The third-order valence-electron chi connectivity index (χ3n) is 5.68. The molecule has 1 aliphatic heterocycles. The Kier molecular flexibility index (Phi) is 4.26. The number of hydrogen-bond acceptors (Lipinski definition) is 4. The molecule has 0 bridgehead atoms. The van der Waals surface area contributed by atoms with Gasteiger partial charge in [0.15, 0.2) is 5.78 Å². The molecular formula is C21H22BrN3O3. The zero-order valence-corrected chi connectivity index (χ0v) is 17.9. The first-order valence-corrected chi connectivity index (χ1v) is 9.99. The summed E-state index contributed by atoms with van der Waals surface area (Å²) in [5.74, 6) is -0.00455. The van der Waals surface area contributed by atoms with Crippen LogP contribution < -0.4 is 16.6 Å². The first-order chi connectivity index (χ1) is 13.1. The fourth-order valence-electron chi connectivity index (χ4n) is 4.37. The number of nitrogens with one attached hydrogen (secondary N) is 1. The predicted molar refractivity (Wildman–Crippen MR) is 112 cm³/mol. The Balaban J connectivity index is 2.11. The molecule has 0 radical (unpaired) electrons. The Hall–Kier alpha value is -2.41. The highest BCUT2D eigenvalue weighted by atomic mass is 79.9. The van der Waals surface area contributed by atoms with Gasteiger partial charge in [-0.05, 0) is 23.5 Å². The molecule has 2 aromatic rings. The molecule has 0 amide bonds. The third-order valence-corrected chi connectivity index (χ3v) is 6.40. The molecular weight excluding hydrogens is 422 g/mol. The number of Topliss-reactive ketones (excluding diaryl/α,β-unsaturated/α-hetero) is 1. The lowest BCUT2D eigenvalue weighted by Gasteiger charge is -2.39. The summed E-state index contributed by atoms with van der Waals surface area (Å²) in [6, 6.07) is 7.62. The molecule has 28 heavy (non-hydrogen) atoms. The molecule has 2 heterocycles. The van der Waals surface area contributed by atoms with E-state index in [9.17, 15) is 14.4 Å². The van der Waals surface area contributed by atoms with Gasteiger partial charge < -0.3 is 5.32 Å². The molecule has 1 aromatic heterocycles. The van der Waals surface area contributed by atoms with Crippen LogP contribution in [0.15, 0.2) is 49.6 Å². The van der Waals surface area contributed by atoms with E-state index >= 15 is 0 Å². The highest BCUT2D eigenvalue weighted by Gasteiger charge is 2.43. The number of carbonyl (C=O) groups is 1. The second-order valence-corrected chi connectivity index (χ2v) is 9.24. The van der Waals surface area contributed by atoms with Crippen LogP contribution in [0.3, 0.4) is 0 Å². The highest BCUT2D eigenvalue weighted by Crippen LogP contribution is 2.48. The molecule has 1 aliphatic carbocycles. The van der Waals surface area contributed by atoms with E-state index in [1.54, 1.807) is 7.05 Å². The number of benzene rings is 1. The summed E-state index contributed by atoms with van der Waals surface area (Å²) in [6.45, 7) is 4.12. The van der Waals surface area contributed by atoms with Gasteiger partial charge in [-0.3, -0.25) is 18.7 Å². The average Bonchev–Trinajstić information content (AvgIpc) is 2.62. The summed E-state index contributed by atoms with van der Waals surface area (Å²) >= 11 is 3.59. The fourth-order valence-corrected chi connectivity index (χ4v) is 4.88. The lowest BCUT2D eigenvalue weighted by molar-refractivity contribution is -0.118. The third kappa shape index (κ3) is 2.71. The minimum Gasteiger partial charge on any atom is -0.344 e. The van der Waals surface area contributed by atoms with Crippen LogP contribution in [0.1, 0.15) is 43.7 Å². The zero-order valence-electron chi connectivity index (χ0n) is 16.3. The van der Waals surface area contributed by atoms with Crippen LogP contribution in [0, 0.1) is 5.41 Å². The Morgan fingerprint density at radius 3 is 2.43 bits per heavy atom. The summed E-state index contributed by atoms with van der Waals surface area (Å²) < 4.78 is 3.39. The van der Waals surface area contributed by atoms with E-state index in [2.05, 4.69) is 35.1 Å². The number of nitrogens with zero attached hydrogens (tertiary/aromatic N) is 2. The van der Waals surface area contributed by atoms with Crippen LogP contribution in [0.4, 0.5) is 5.82 Å². The van der Waals surface area contributed by atoms with Gasteiger partial charge in [-0.2, -0.15) is 0 Å². The number of aromatic nitrogens is 2. The lowest BCUT2D eigenvalue weighted by atomic mass is 9.69. The molecule has 4 rings (SSSR count). The maximum atomic E-state index is 13.2. The molecule has 2 aliphatic rings. The van der Waals surface area contributed by atoms with Gasteiger partial charge in [0.2, 0.25) is 0 Å². The maximum absolute atomic E-state index is 13.2. The maximum Gasteiger partial charge on any atom is 0.332 e. The van der Waals surface area contributed by atoms with E-state index in [-0.39, 0.29) is 16.8 Å². The van der Waals surface area contributed by atoms with Crippen LogP contribution in [0.2, 0.25) is 0 Å². The standard InChI is InChI=1S/C21H22BrN3O3/c1-21(2)9-13-16(14(26)10-21)15(11-7-5-6-8-12(11)22)17-18(23-13)24(3)20(28)25(4)19(17)27/h5-8,15,23H,9-10H2,1-4H3. The monoisotopic (exact) mass is 443 g/mol. The van der Waals surface area contributed by atoms with E-state index in [0.29, 0.717) is 29.8 Å². The summed E-state index contributed by atoms with van der Waals surface area (Å²) in [4.78, 5) is 38.9. The number of halogens is 1. The van der Waals surface area contributed by atoms with Gasteiger partial charge in [0.05, 0.1) is 5.56 Å². The van der Waals surface area contributed by atoms with Crippen molar-refractivity contribution in [1.29, 1.82) is 0 Å². The number of anilines is 1. The lowest BCUT2D eigenvalue weighted by Crippen LogP contribution is -2.45. The van der Waals surface area contributed by atoms with Crippen molar-refractivity contribution in [3.8, 4) is 0 Å². The Bertz CT molecular complexity index is 1170. The predicted octanol–water partition coefficient (Wildman–Crippen LogP) is 3.05. The molecule has 1 unspecified atom stereocenters. The van der Waals surface area contributed by atoms with Crippen LogP contribution in [-0.2, 0) is 18.9 Å². The second kappa shape index (κ2) is 6.30. The van der Waals surface area contributed by atoms with Crippen LogP contribution in [0.25, 0.3) is 0 Å². The van der Waals surface area contributed by atoms with Gasteiger partial charge in [0.25, 0.3) is 5.56 Å². The number of carbonyl (C=O) groups excluding carboxylic acids is 1. The van der Waals surface area contributed by atoms with Crippen LogP contribution in [-0.4, -0.2) is 14.9 Å². The van der Waals surface area contributed by atoms with Crippen molar-refractivity contribution in [2.24, 2.45) is 19.5 Å². The smallest absolute Gasteiger partial charge is 0.332 e. The van der Waals surface area contributed by atoms with Crippen molar-refractivity contribution in [1.82, 2.24) is 9.13 Å². The van der Waals surface area contributed by atoms with Crippen molar-refractivity contribution in [2.75, 3.05) is 5.32 Å². The number of rotatable bonds is 1. The molecule has 0 saturated carbocycles. The van der Waals surface area contributed by atoms with Gasteiger partial charge in [-0.25, -0.2) is 4.79 Å². The van der Waals surface area contributed by atoms with Crippen LogP contribution >= 0.6 is 15.9 Å². The first-order valence-electron chi connectivity index (χ1n) is 9.20. The second-order valence-electron chi connectivity index (χ2n) is 8.38. The van der Waals surface area contributed by atoms with Crippen molar-refractivity contribution in [3.63, 3.8) is 0 Å². The number of hydrogen-bond donors (Lipinski definition) is 1. The van der Waals surface area contributed by atoms with E-state index in [1.165, 1.54) is 11.6 Å². The van der Waals surface area contributed by atoms with E-state index < -0.39 is 11.6 Å². The van der Waals surface area contributed by atoms with Gasteiger partial charge in [0.1, 0.15) is 5.82 Å². The summed E-state index contributed by atoms with van der Waals surface area (Å²) in [6.07, 6.45) is 1.10. The molecule has 0 spiro atoms. The Morgan fingerprint density at radius 2 is 1.75 bits per heavy atom. The van der Waals surface area contributed by atoms with Gasteiger partial charge in [-0.15, -0.1) is 0 Å². The number of ketones is 1. The van der Waals surface area contributed by atoms with Crippen molar-refractivity contribution < 1.29 is 4.79 Å². The van der Waals surface area contributed by atoms with Crippen molar-refractivity contribution >= 4 is 27.5 Å². The molecule has 1 atom stereocenters. The van der Waals surface area contributed by atoms with Crippen LogP contribution in [0.5, 0.6) is 0 Å². The molecule has 146 valence electrons. The summed E-state index contributed by atoms with van der Waals surface area (Å²) in [5, 5.41) is 3.27. The minimum atomic E-state index is -0.518. The Labute approximate surface area is 171 Å². The SMILES string of the molecule is Cn1c2c(c(=O)n(C)c1=O)C(c1ccccc1Br)C1=C(CC(C)(C)CC1=O)N2. The van der Waals surface area contributed by atoms with Crippen molar-refractivity contribution in [3.05, 3.63) is 72.0 Å². The molecule has 7 heteroatoms. The van der Waals surface area contributed by atoms with Gasteiger partial charge in [0, 0.05) is 42.2 Å².